The van der Waals surface area contributed by atoms with Gasteiger partial charge in [0.25, 0.3) is 11.1 Å². The minimum absolute atomic E-state index is 0.0395. The van der Waals surface area contributed by atoms with Crippen LogP contribution in [0.2, 0.25) is 0 Å². The molecular formula is C22H18BrNO4S. The van der Waals surface area contributed by atoms with E-state index in [4.69, 9.17) is 15.9 Å². The first-order valence-electron chi connectivity index (χ1n) is 8.85. The molecule has 0 saturated carbocycles. The summed E-state index contributed by atoms with van der Waals surface area (Å²) in [5.74, 6) is 3.06. The van der Waals surface area contributed by atoms with Gasteiger partial charge in [-0.1, -0.05) is 36.3 Å². The smallest absolute Gasteiger partial charge is 0.294 e. The van der Waals surface area contributed by atoms with Gasteiger partial charge >= 0.3 is 0 Å². The molecule has 0 aromatic heterocycles. The lowest BCUT2D eigenvalue weighted by Crippen LogP contribution is -2.28. The molecule has 0 bridgehead atoms. The van der Waals surface area contributed by atoms with Crippen molar-refractivity contribution in [1.29, 1.82) is 0 Å². The molecule has 1 aliphatic rings. The molecule has 1 saturated heterocycles. The summed E-state index contributed by atoms with van der Waals surface area (Å²) in [6.45, 7) is 2.69. The number of hydrogen-bond acceptors (Lipinski definition) is 5. The Bertz CT molecular complexity index is 998. The van der Waals surface area contributed by atoms with E-state index in [1.54, 1.807) is 12.1 Å². The zero-order valence-corrected chi connectivity index (χ0v) is 18.1. The second-order valence-corrected chi connectivity index (χ2v) is 7.86. The van der Waals surface area contributed by atoms with E-state index >= 15 is 0 Å². The minimum Gasteiger partial charge on any atom is -0.490 e. The van der Waals surface area contributed by atoms with Crippen LogP contribution in [-0.4, -0.2) is 29.2 Å². The highest BCUT2D eigenvalue weighted by Crippen LogP contribution is 2.39. The molecule has 1 fully saturated rings. The molecule has 0 unspecified atom stereocenters. The summed E-state index contributed by atoms with van der Waals surface area (Å²) in [7, 11) is 0. The van der Waals surface area contributed by atoms with Crippen molar-refractivity contribution in [2.24, 2.45) is 0 Å². The number of amides is 2. The first kappa shape index (κ1) is 21.0. The molecule has 1 aliphatic heterocycles. The Labute approximate surface area is 182 Å². The lowest BCUT2D eigenvalue weighted by Gasteiger charge is -2.15. The predicted octanol–water partition coefficient (Wildman–Crippen LogP) is 5.10. The van der Waals surface area contributed by atoms with Gasteiger partial charge in [-0.25, -0.2) is 0 Å². The maximum atomic E-state index is 12.4. The van der Waals surface area contributed by atoms with Crippen molar-refractivity contribution in [3.63, 3.8) is 0 Å². The highest BCUT2D eigenvalue weighted by Gasteiger charge is 2.34. The maximum Gasteiger partial charge on any atom is 0.294 e. The van der Waals surface area contributed by atoms with Crippen molar-refractivity contribution in [2.45, 2.75) is 13.5 Å². The Balaban J connectivity index is 1.87. The molecular weight excluding hydrogens is 454 g/mol. The van der Waals surface area contributed by atoms with Crippen LogP contribution in [0.5, 0.6) is 11.5 Å². The van der Waals surface area contributed by atoms with Gasteiger partial charge in [0.15, 0.2) is 11.5 Å². The fourth-order valence-electron chi connectivity index (χ4n) is 2.68. The normalized spacial score (nSPS) is 14.9. The van der Waals surface area contributed by atoms with Crippen LogP contribution >= 0.6 is 27.7 Å². The number of nitrogens with zero attached hydrogens (tertiary/aromatic N) is 1. The minimum atomic E-state index is -0.392. The van der Waals surface area contributed by atoms with Crippen molar-refractivity contribution in [3.8, 4) is 23.8 Å². The molecule has 2 aromatic carbocycles. The fraction of sp³-hybridized carbons (Fsp3) is 0.182. The SMILES string of the molecule is C#CCN1C(=O)S/C(=C/c2cc(Br)c(OCc3ccccc3)c(OCC)c2)C1=O. The van der Waals surface area contributed by atoms with Crippen molar-refractivity contribution in [1.82, 2.24) is 4.90 Å². The Morgan fingerprint density at radius 3 is 2.66 bits per heavy atom. The van der Waals surface area contributed by atoms with Crippen molar-refractivity contribution >= 4 is 44.9 Å². The summed E-state index contributed by atoms with van der Waals surface area (Å²) in [6, 6.07) is 13.4. The molecule has 5 nitrogen and oxygen atoms in total. The monoisotopic (exact) mass is 471 g/mol. The molecule has 1 heterocycles. The van der Waals surface area contributed by atoms with Crippen LogP contribution in [0, 0.1) is 12.3 Å². The molecule has 7 heteroatoms. The third-order valence-corrected chi connectivity index (χ3v) is 5.47. The second-order valence-electron chi connectivity index (χ2n) is 6.01. The van der Waals surface area contributed by atoms with E-state index in [9.17, 15) is 9.59 Å². The van der Waals surface area contributed by atoms with E-state index in [-0.39, 0.29) is 11.8 Å². The van der Waals surface area contributed by atoms with Crippen LogP contribution in [0.4, 0.5) is 4.79 Å². The van der Waals surface area contributed by atoms with E-state index in [2.05, 4.69) is 21.9 Å². The van der Waals surface area contributed by atoms with Gasteiger partial charge in [0.05, 0.1) is 22.5 Å². The van der Waals surface area contributed by atoms with Crippen molar-refractivity contribution < 1.29 is 19.1 Å². The van der Waals surface area contributed by atoms with Gasteiger partial charge in [-0.3, -0.25) is 14.5 Å². The molecule has 0 spiro atoms. The number of imide groups is 1. The number of terminal acetylenes is 1. The highest BCUT2D eigenvalue weighted by atomic mass is 79.9. The van der Waals surface area contributed by atoms with E-state index in [0.29, 0.717) is 39.7 Å². The van der Waals surface area contributed by atoms with Gasteiger partial charge in [0.1, 0.15) is 6.61 Å². The summed E-state index contributed by atoms with van der Waals surface area (Å²) in [6.07, 6.45) is 6.88. The number of carbonyl (C=O) groups excluding carboxylic acids is 2. The number of thioether (sulfide) groups is 1. The van der Waals surface area contributed by atoms with Crippen LogP contribution in [0.3, 0.4) is 0 Å². The van der Waals surface area contributed by atoms with E-state index in [0.717, 1.165) is 22.2 Å². The molecule has 0 atom stereocenters. The standard InChI is InChI=1S/C22H18BrNO4S/c1-3-10-24-21(25)19(29-22(24)26)13-16-11-17(23)20(18(12-16)27-4-2)28-14-15-8-6-5-7-9-15/h1,5-9,11-13H,4,10,14H2,2H3/b19-13+. The molecule has 29 heavy (non-hydrogen) atoms. The Morgan fingerprint density at radius 1 is 1.21 bits per heavy atom. The maximum absolute atomic E-state index is 12.4. The highest BCUT2D eigenvalue weighted by molar-refractivity contribution is 9.10. The first-order valence-corrected chi connectivity index (χ1v) is 10.5. The lowest BCUT2D eigenvalue weighted by molar-refractivity contribution is -0.122. The zero-order chi connectivity index (χ0) is 20.8. The summed E-state index contributed by atoms with van der Waals surface area (Å²) in [5.41, 5.74) is 1.74. The molecule has 0 aliphatic carbocycles. The van der Waals surface area contributed by atoms with Gasteiger partial charge in [0.2, 0.25) is 0 Å². The molecule has 0 radical (unpaired) electrons. The quantitative estimate of drug-likeness (QED) is 0.415. The van der Waals surface area contributed by atoms with Crippen molar-refractivity contribution in [3.05, 3.63) is 63.0 Å². The third kappa shape index (κ3) is 5.03. The molecule has 0 N–H and O–H groups in total. The van der Waals surface area contributed by atoms with Crippen LogP contribution in [0.15, 0.2) is 51.8 Å². The van der Waals surface area contributed by atoms with Crippen LogP contribution < -0.4 is 9.47 Å². The van der Waals surface area contributed by atoms with Gasteiger partial charge in [-0.05, 0) is 64.0 Å². The average molecular weight is 472 g/mol. The predicted molar refractivity (Wildman–Crippen MR) is 118 cm³/mol. The summed E-state index contributed by atoms with van der Waals surface area (Å²) in [4.78, 5) is 25.7. The second kappa shape index (κ2) is 9.68. The van der Waals surface area contributed by atoms with Gasteiger partial charge in [-0.15, -0.1) is 6.42 Å². The number of carbonyl (C=O) groups is 2. The largest absolute Gasteiger partial charge is 0.490 e. The van der Waals surface area contributed by atoms with Crippen LogP contribution in [0.1, 0.15) is 18.1 Å². The topological polar surface area (TPSA) is 55.8 Å². The average Bonchev–Trinajstić information content (AvgIpc) is 2.96. The number of hydrogen-bond donors (Lipinski definition) is 0. The van der Waals surface area contributed by atoms with Crippen LogP contribution in [-0.2, 0) is 11.4 Å². The third-order valence-electron chi connectivity index (χ3n) is 3.98. The Kier molecular flexibility index (Phi) is 7.02. The van der Waals surface area contributed by atoms with Gasteiger partial charge < -0.3 is 9.47 Å². The van der Waals surface area contributed by atoms with E-state index < -0.39 is 5.91 Å². The Morgan fingerprint density at radius 2 is 1.97 bits per heavy atom. The molecule has 2 aromatic rings. The number of halogens is 1. The fourth-order valence-corrected chi connectivity index (χ4v) is 4.10. The zero-order valence-electron chi connectivity index (χ0n) is 15.7. The summed E-state index contributed by atoms with van der Waals surface area (Å²) < 4.78 is 12.4. The summed E-state index contributed by atoms with van der Waals surface area (Å²) >= 11 is 4.39. The number of ether oxygens (including phenoxy) is 2. The lowest BCUT2D eigenvalue weighted by atomic mass is 10.1. The van der Waals surface area contributed by atoms with Gasteiger partial charge in [0, 0.05) is 0 Å². The van der Waals surface area contributed by atoms with Crippen molar-refractivity contribution in [2.75, 3.05) is 13.2 Å². The van der Waals surface area contributed by atoms with E-state index in [1.807, 2.05) is 43.3 Å². The first-order chi connectivity index (χ1) is 14.0. The number of rotatable bonds is 7. The molecule has 148 valence electrons. The molecule has 3 rings (SSSR count). The van der Waals surface area contributed by atoms with E-state index in [1.165, 1.54) is 0 Å². The van der Waals surface area contributed by atoms with Crippen LogP contribution in [0.25, 0.3) is 6.08 Å². The molecule has 2 amide bonds. The number of benzene rings is 2. The summed E-state index contributed by atoms with van der Waals surface area (Å²) in [5, 5.41) is -0.369. The Hall–Kier alpha value is -2.69. The van der Waals surface area contributed by atoms with Gasteiger partial charge in [-0.2, -0.15) is 0 Å².